The number of ether oxygens (including phenoxy) is 3. The summed E-state index contributed by atoms with van der Waals surface area (Å²) in [6.45, 7) is -0.468. The first kappa shape index (κ1) is 25.5. The first-order chi connectivity index (χ1) is 18.0. The normalized spacial score (nSPS) is 11.3. The van der Waals surface area contributed by atoms with Gasteiger partial charge in [0.25, 0.3) is 15.9 Å². The van der Waals surface area contributed by atoms with Crippen LogP contribution in [0.5, 0.6) is 23.1 Å². The Labute approximate surface area is 213 Å². The summed E-state index contributed by atoms with van der Waals surface area (Å²) in [6, 6.07) is 17.3. The minimum atomic E-state index is -4.08. The zero-order valence-corrected chi connectivity index (χ0v) is 20.5. The van der Waals surface area contributed by atoms with E-state index in [1.807, 2.05) is 6.07 Å². The second-order valence-electron chi connectivity index (χ2n) is 7.29. The number of aromatic nitrogens is 4. The number of methoxy groups -OCH3 is 1. The lowest BCUT2D eigenvalue weighted by Gasteiger charge is -2.17. The van der Waals surface area contributed by atoms with Crippen molar-refractivity contribution in [2.75, 3.05) is 25.0 Å². The maximum atomic E-state index is 13.0. The molecular formula is C25H23N5O6S. The van der Waals surface area contributed by atoms with Crippen LogP contribution in [-0.4, -0.2) is 53.8 Å². The van der Waals surface area contributed by atoms with Crippen molar-refractivity contribution in [2.45, 2.75) is 0 Å². The number of para-hydroxylation sites is 2. The van der Waals surface area contributed by atoms with Crippen LogP contribution in [0.15, 0.2) is 78.5 Å². The van der Waals surface area contributed by atoms with Gasteiger partial charge in [0.15, 0.2) is 23.1 Å². The Kier molecular flexibility index (Phi) is 8.23. The van der Waals surface area contributed by atoms with Crippen LogP contribution in [0, 0.1) is 0 Å². The Morgan fingerprint density at radius 1 is 0.919 bits per heavy atom. The maximum Gasteiger partial charge on any atom is 0.263 e. The monoisotopic (exact) mass is 521 g/mol. The summed E-state index contributed by atoms with van der Waals surface area (Å²) < 4.78 is 45.4. The van der Waals surface area contributed by atoms with Gasteiger partial charge in [0.2, 0.25) is 11.6 Å². The highest BCUT2D eigenvalue weighted by molar-refractivity contribution is 7.95. The van der Waals surface area contributed by atoms with E-state index in [4.69, 9.17) is 14.2 Å². The topological polar surface area (TPSA) is 146 Å². The van der Waals surface area contributed by atoms with Gasteiger partial charge in [-0.1, -0.05) is 42.5 Å². The molecule has 0 atom stereocenters. The zero-order valence-electron chi connectivity index (χ0n) is 19.7. The SMILES string of the molecule is COc1ccccc1Oc1c(NS(=O)(=O)/C=C/c2ccccc2)nc(-c2ncccn2)nc1OCCO. The summed E-state index contributed by atoms with van der Waals surface area (Å²) in [5, 5.41) is 10.3. The third kappa shape index (κ3) is 6.78. The summed E-state index contributed by atoms with van der Waals surface area (Å²) in [5.74, 6) is 0.229. The predicted molar refractivity (Wildman–Crippen MR) is 137 cm³/mol. The maximum absolute atomic E-state index is 13.0. The molecule has 0 aliphatic heterocycles. The smallest absolute Gasteiger partial charge is 0.263 e. The molecule has 0 saturated heterocycles. The lowest BCUT2D eigenvalue weighted by atomic mass is 10.2. The fourth-order valence-corrected chi connectivity index (χ4v) is 3.87. The molecule has 0 radical (unpaired) electrons. The number of hydrogen-bond acceptors (Lipinski definition) is 10. The first-order valence-electron chi connectivity index (χ1n) is 11.0. The van der Waals surface area contributed by atoms with Gasteiger partial charge in [-0.25, -0.2) is 23.4 Å². The Morgan fingerprint density at radius 2 is 1.62 bits per heavy atom. The molecule has 0 amide bonds. The third-order valence-electron chi connectivity index (χ3n) is 4.69. The molecule has 0 fully saturated rings. The molecule has 0 aliphatic carbocycles. The van der Waals surface area contributed by atoms with Gasteiger partial charge in [-0.15, -0.1) is 0 Å². The van der Waals surface area contributed by atoms with Crippen molar-refractivity contribution in [3.8, 4) is 34.8 Å². The highest BCUT2D eigenvalue weighted by Crippen LogP contribution is 2.41. The standard InChI is InChI=1S/C25H23N5O6S/c1-34-19-10-5-6-11-20(19)36-21-22(30-37(32,33)17-12-18-8-3-2-4-9-18)28-24(23-26-13-7-14-27-23)29-25(21)35-16-15-31/h2-14,17,31H,15-16H2,1H3,(H,28,29,30)/b17-12+. The molecule has 0 aliphatic rings. The molecule has 12 heteroatoms. The van der Waals surface area contributed by atoms with Crippen molar-refractivity contribution in [2.24, 2.45) is 0 Å². The highest BCUT2D eigenvalue weighted by atomic mass is 32.2. The van der Waals surface area contributed by atoms with Crippen molar-refractivity contribution >= 4 is 21.9 Å². The molecule has 37 heavy (non-hydrogen) atoms. The average Bonchev–Trinajstić information content (AvgIpc) is 2.93. The molecule has 2 aromatic heterocycles. The molecule has 0 saturated carbocycles. The van der Waals surface area contributed by atoms with Crippen LogP contribution >= 0.6 is 0 Å². The quantitative estimate of drug-likeness (QED) is 0.301. The van der Waals surface area contributed by atoms with Gasteiger partial charge in [0, 0.05) is 12.4 Å². The van der Waals surface area contributed by atoms with Crippen LogP contribution in [-0.2, 0) is 10.0 Å². The molecule has 0 unspecified atom stereocenters. The van der Waals surface area contributed by atoms with Crippen LogP contribution < -0.4 is 18.9 Å². The number of benzene rings is 2. The summed E-state index contributed by atoms with van der Waals surface area (Å²) in [5.41, 5.74) is 0.686. The largest absolute Gasteiger partial charge is 0.493 e. The average molecular weight is 522 g/mol. The summed E-state index contributed by atoms with van der Waals surface area (Å²) >= 11 is 0. The van der Waals surface area contributed by atoms with Crippen LogP contribution in [0.3, 0.4) is 0 Å². The molecule has 0 spiro atoms. The second kappa shape index (κ2) is 11.9. The van der Waals surface area contributed by atoms with E-state index in [-0.39, 0.29) is 48.1 Å². The second-order valence-corrected chi connectivity index (χ2v) is 8.85. The fourth-order valence-electron chi connectivity index (χ4n) is 3.06. The lowest BCUT2D eigenvalue weighted by Crippen LogP contribution is -2.14. The van der Waals surface area contributed by atoms with Crippen LogP contribution in [0.4, 0.5) is 5.82 Å². The molecule has 11 nitrogen and oxygen atoms in total. The number of aliphatic hydroxyl groups excluding tert-OH is 1. The Balaban J connectivity index is 1.82. The molecule has 190 valence electrons. The van der Waals surface area contributed by atoms with E-state index in [9.17, 15) is 13.5 Å². The number of sulfonamides is 1. The molecule has 2 aromatic carbocycles. The van der Waals surface area contributed by atoms with Crippen molar-refractivity contribution < 1.29 is 27.7 Å². The number of nitrogens with zero attached hydrogens (tertiary/aromatic N) is 4. The van der Waals surface area contributed by atoms with Crippen molar-refractivity contribution in [3.63, 3.8) is 0 Å². The van der Waals surface area contributed by atoms with Crippen LogP contribution in [0.2, 0.25) is 0 Å². The van der Waals surface area contributed by atoms with Gasteiger partial charge in [-0.3, -0.25) is 4.72 Å². The Hall–Kier alpha value is -4.55. The summed E-state index contributed by atoms with van der Waals surface area (Å²) in [4.78, 5) is 16.9. The molecule has 2 heterocycles. The molecule has 0 bridgehead atoms. The Bertz CT molecular complexity index is 1470. The van der Waals surface area contributed by atoms with Gasteiger partial charge >= 0.3 is 0 Å². The lowest BCUT2D eigenvalue weighted by molar-refractivity contribution is 0.192. The van der Waals surface area contributed by atoms with E-state index in [1.54, 1.807) is 54.6 Å². The van der Waals surface area contributed by atoms with E-state index in [2.05, 4.69) is 24.7 Å². The number of nitrogens with one attached hydrogen (secondary N) is 1. The van der Waals surface area contributed by atoms with Gasteiger partial charge in [-0.2, -0.15) is 4.98 Å². The minimum absolute atomic E-state index is 0.0225. The van der Waals surface area contributed by atoms with Crippen LogP contribution in [0.25, 0.3) is 17.7 Å². The van der Waals surface area contributed by atoms with Crippen molar-refractivity contribution in [1.29, 1.82) is 0 Å². The molecule has 4 rings (SSSR count). The van der Waals surface area contributed by atoms with E-state index in [1.165, 1.54) is 25.6 Å². The molecular weight excluding hydrogens is 498 g/mol. The summed E-state index contributed by atoms with van der Waals surface area (Å²) in [6.07, 6.45) is 4.42. The van der Waals surface area contributed by atoms with Gasteiger partial charge in [0.1, 0.15) is 6.61 Å². The summed E-state index contributed by atoms with van der Waals surface area (Å²) in [7, 11) is -2.61. The van der Waals surface area contributed by atoms with E-state index >= 15 is 0 Å². The molecule has 2 N–H and O–H groups in total. The zero-order chi connectivity index (χ0) is 26.1. The first-order valence-corrected chi connectivity index (χ1v) is 12.5. The molecule has 4 aromatic rings. The fraction of sp³-hybridized carbons (Fsp3) is 0.120. The minimum Gasteiger partial charge on any atom is -0.493 e. The van der Waals surface area contributed by atoms with Gasteiger partial charge < -0.3 is 19.3 Å². The van der Waals surface area contributed by atoms with Crippen LogP contribution in [0.1, 0.15) is 5.56 Å². The number of rotatable bonds is 11. The Morgan fingerprint density at radius 3 is 2.32 bits per heavy atom. The predicted octanol–water partition coefficient (Wildman–Crippen LogP) is 3.52. The van der Waals surface area contributed by atoms with Crippen molar-refractivity contribution in [1.82, 2.24) is 19.9 Å². The van der Waals surface area contributed by atoms with Crippen molar-refractivity contribution in [3.05, 3.63) is 84.0 Å². The number of hydrogen-bond donors (Lipinski definition) is 2. The van der Waals surface area contributed by atoms with E-state index in [0.717, 1.165) is 5.41 Å². The number of aliphatic hydroxyl groups is 1. The van der Waals surface area contributed by atoms with E-state index < -0.39 is 10.0 Å². The van der Waals surface area contributed by atoms with Gasteiger partial charge in [0.05, 0.1) is 19.1 Å². The third-order valence-corrected chi connectivity index (χ3v) is 5.66. The highest BCUT2D eigenvalue weighted by Gasteiger charge is 2.24. The van der Waals surface area contributed by atoms with E-state index in [0.29, 0.717) is 11.3 Å². The van der Waals surface area contributed by atoms with Gasteiger partial charge in [-0.05, 0) is 29.8 Å². The number of anilines is 1.